The minimum Gasteiger partial charge on any atom is -0.334 e. The van der Waals surface area contributed by atoms with Crippen molar-refractivity contribution in [1.82, 2.24) is 19.3 Å². The largest absolute Gasteiger partial charge is 0.334 e. The van der Waals surface area contributed by atoms with E-state index < -0.39 is 0 Å². The number of pyridine rings is 2. The first-order valence-electron chi connectivity index (χ1n) is 9.67. The second kappa shape index (κ2) is 7.26. The third kappa shape index (κ3) is 3.50. The van der Waals surface area contributed by atoms with Crippen LogP contribution < -0.4 is 16.4 Å². The Hall–Kier alpha value is -3.74. The van der Waals surface area contributed by atoms with E-state index >= 15 is 0 Å². The van der Waals surface area contributed by atoms with E-state index in [2.05, 4.69) is 36.2 Å². The van der Waals surface area contributed by atoms with Gasteiger partial charge in [-0.25, -0.2) is 0 Å². The number of hydrogen-bond acceptors (Lipinski definition) is 5. The highest BCUT2D eigenvalue weighted by atomic mass is 16.1. The Labute approximate surface area is 173 Å². The molecule has 3 aromatic heterocycles. The number of rotatable bonds is 3. The van der Waals surface area contributed by atoms with Crippen LogP contribution in [0.25, 0.3) is 16.5 Å². The van der Waals surface area contributed by atoms with E-state index in [4.69, 9.17) is 0 Å². The summed E-state index contributed by atoms with van der Waals surface area (Å²) in [4.78, 5) is 30.1. The van der Waals surface area contributed by atoms with Crippen LogP contribution in [0.5, 0.6) is 0 Å². The summed E-state index contributed by atoms with van der Waals surface area (Å²) in [6.45, 7) is 6.24. The molecule has 0 aliphatic rings. The maximum Gasteiger partial charge on any atom is 0.279 e. The molecule has 0 radical (unpaired) electrons. The zero-order chi connectivity index (χ0) is 21.5. The van der Waals surface area contributed by atoms with E-state index in [-0.39, 0.29) is 16.5 Å². The summed E-state index contributed by atoms with van der Waals surface area (Å²) < 4.78 is 2.80. The number of nitrogens with zero attached hydrogens (tertiary/aromatic N) is 4. The number of nitrogens with one attached hydrogen (secondary N) is 1. The number of hydrogen-bond donors (Lipinski definition) is 1. The number of anilines is 2. The van der Waals surface area contributed by atoms with E-state index in [0.29, 0.717) is 28.0 Å². The van der Waals surface area contributed by atoms with Crippen molar-refractivity contribution in [3.05, 3.63) is 87.3 Å². The molecule has 0 unspecified atom stereocenters. The predicted molar refractivity (Wildman–Crippen MR) is 119 cm³/mol. The molecule has 0 amide bonds. The lowest BCUT2D eigenvalue weighted by atomic mass is 9.92. The van der Waals surface area contributed by atoms with Gasteiger partial charge in [-0.2, -0.15) is 4.68 Å². The van der Waals surface area contributed by atoms with Crippen molar-refractivity contribution in [2.75, 3.05) is 5.32 Å². The molecule has 0 bridgehead atoms. The number of aromatic nitrogens is 4. The molecule has 1 N–H and O–H groups in total. The molecule has 7 heteroatoms. The Morgan fingerprint density at radius 3 is 2.30 bits per heavy atom. The van der Waals surface area contributed by atoms with Gasteiger partial charge in [0.25, 0.3) is 11.1 Å². The van der Waals surface area contributed by atoms with Gasteiger partial charge in [-0.05, 0) is 30.3 Å². The van der Waals surface area contributed by atoms with Gasteiger partial charge in [0, 0.05) is 29.7 Å². The molecule has 0 saturated heterocycles. The van der Waals surface area contributed by atoms with E-state index in [0.717, 1.165) is 5.69 Å². The highest BCUT2D eigenvalue weighted by molar-refractivity contribution is 5.92. The predicted octanol–water partition coefficient (Wildman–Crippen LogP) is 3.52. The SMILES string of the molecule is Cn1cccc(Nc2nn(-c3ccc(C(C)(C)C)nc3)c(=O)c3ccccc23)c1=O. The second-order valence-corrected chi connectivity index (χ2v) is 8.23. The van der Waals surface area contributed by atoms with Gasteiger partial charge in [0.1, 0.15) is 5.69 Å². The smallest absolute Gasteiger partial charge is 0.279 e. The number of fused-ring (bicyclic) bond motifs is 1. The molecular formula is C23H23N5O2. The van der Waals surface area contributed by atoms with Crippen molar-refractivity contribution in [2.45, 2.75) is 26.2 Å². The first-order chi connectivity index (χ1) is 14.3. The van der Waals surface area contributed by atoms with Gasteiger partial charge in [-0.3, -0.25) is 14.6 Å². The monoisotopic (exact) mass is 401 g/mol. The fraction of sp³-hybridized carbons (Fsp3) is 0.217. The average molecular weight is 401 g/mol. The maximum absolute atomic E-state index is 13.1. The van der Waals surface area contributed by atoms with Crippen LogP contribution in [0.2, 0.25) is 0 Å². The Balaban J connectivity index is 1.90. The van der Waals surface area contributed by atoms with Gasteiger partial charge >= 0.3 is 0 Å². The van der Waals surface area contributed by atoms with Crippen LogP contribution in [-0.4, -0.2) is 19.3 Å². The molecule has 4 aromatic rings. The fourth-order valence-corrected chi connectivity index (χ4v) is 3.23. The van der Waals surface area contributed by atoms with Crippen LogP contribution in [-0.2, 0) is 12.5 Å². The average Bonchev–Trinajstić information content (AvgIpc) is 2.73. The fourth-order valence-electron chi connectivity index (χ4n) is 3.23. The van der Waals surface area contributed by atoms with Crippen molar-refractivity contribution >= 4 is 22.3 Å². The highest BCUT2D eigenvalue weighted by Gasteiger charge is 2.17. The van der Waals surface area contributed by atoms with Crippen LogP contribution >= 0.6 is 0 Å². The zero-order valence-corrected chi connectivity index (χ0v) is 17.4. The second-order valence-electron chi connectivity index (χ2n) is 8.23. The van der Waals surface area contributed by atoms with Crippen molar-refractivity contribution in [3.8, 4) is 5.69 Å². The quantitative estimate of drug-likeness (QED) is 0.568. The van der Waals surface area contributed by atoms with Crippen LogP contribution in [0.1, 0.15) is 26.5 Å². The van der Waals surface area contributed by atoms with Crippen molar-refractivity contribution in [3.63, 3.8) is 0 Å². The Morgan fingerprint density at radius 2 is 1.63 bits per heavy atom. The summed E-state index contributed by atoms with van der Waals surface area (Å²) in [7, 11) is 1.68. The van der Waals surface area contributed by atoms with E-state index in [1.807, 2.05) is 24.3 Å². The molecule has 1 aromatic carbocycles. The first kappa shape index (κ1) is 19.6. The van der Waals surface area contributed by atoms with Gasteiger partial charge in [-0.15, -0.1) is 5.10 Å². The summed E-state index contributed by atoms with van der Waals surface area (Å²) in [6.07, 6.45) is 3.33. The van der Waals surface area contributed by atoms with Gasteiger partial charge in [0.05, 0.1) is 17.3 Å². The lowest BCUT2D eigenvalue weighted by Crippen LogP contribution is -2.24. The van der Waals surface area contributed by atoms with Crippen LogP contribution in [0.15, 0.2) is 70.5 Å². The maximum atomic E-state index is 13.1. The standard InChI is InChI=1S/C23H23N5O2/c1-23(2,3)19-12-11-15(14-24-19)28-21(29)17-9-6-5-8-16(17)20(26-28)25-18-10-7-13-27(4)22(18)30/h5-14H,1-4H3,(H,25,26). The van der Waals surface area contributed by atoms with Gasteiger partial charge in [0.15, 0.2) is 5.82 Å². The van der Waals surface area contributed by atoms with Crippen molar-refractivity contribution < 1.29 is 0 Å². The molecule has 152 valence electrons. The molecule has 30 heavy (non-hydrogen) atoms. The summed E-state index contributed by atoms with van der Waals surface area (Å²) >= 11 is 0. The minimum atomic E-state index is -0.248. The van der Waals surface area contributed by atoms with E-state index in [1.165, 1.54) is 9.25 Å². The molecule has 0 saturated carbocycles. The number of benzene rings is 1. The lowest BCUT2D eigenvalue weighted by molar-refractivity contribution is 0.568. The Kier molecular flexibility index (Phi) is 4.73. The molecule has 4 rings (SSSR count). The van der Waals surface area contributed by atoms with Crippen LogP contribution in [0.3, 0.4) is 0 Å². The number of aryl methyl sites for hydroxylation is 1. The van der Waals surface area contributed by atoms with Crippen LogP contribution in [0, 0.1) is 0 Å². The summed E-state index contributed by atoms with van der Waals surface area (Å²) in [6, 6.07) is 14.4. The molecule has 7 nitrogen and oxygen atoms in total. The summed E-state index contributed by atoms with van der Waals surface area (Å²) in [5.41, 5.74) is 1.33. The first-order valence-corrected chi connectivity index (χ1v) is 9.67. The summed E-state index contributed by atoms with van der Waals surface area (Å²) in [5, 5.41) is 8.78. The van der Waals surface area contributed by atoms with Crippen LogP contribution in [0.4, 0.5) is 11.5 Å². The van der Waals surface area contributed by atoms with Crippen molar-refractivity contribution in [2.24, 2.45) is 7.05 Å². The topological polar surface area (TPSA) is 81.8 Å². The molecule has 3 heterocycles. The molecule has 0 fully saturated rings. The molecular weight excluding hydrogens is 378 g/mol. The third-order valence-corrected chi connectivity index (χ3v) is 4.94. The third-order valence-electron chi connectivity index (χ3n) is 4.94. The Morgan fingerprint density at radius 1 is 0.900 bits per heavy atom. The van der Waals surface area contributed by atoms with Gasteiger partial charge in [0.2, 0.25) is 0 Å². The van der Waals surface area contributed by atoms with Gasteiger partial charge < -0.3 is 9.88 Å². The van der Waals surface area contributed by atoms with E-state index in [9.17, 15) is 9.59 Å². The molecule has 0 atom stereocenters. The molecule has 0 aliphatic heterocycles. The Bertz CT molecular complexity index is 1350. The molecule has 0 aliphatic carbocycles. The molecule has 0 spiro atoms. The summed E-state index contributed by atoms with van der Waals surface area (Å²) in [5.74, 6) is 0.424. The normalized spacial score (nSPS) is 11.6. The minimum absolute atomic E-state index is 0.0968. The van der Waals surface area contributed by atoms with Crippen molar-refractivity contribution in [1.29, 1.82) is 0 Å². The zero-order valence-electron chi connectivity index (χ0n) is 17.4. The highest BCUT2D eigenvalue weighted by Crippen LogP contribution is 2.23. The van der Waals surface area contributed by atoms with E-state index in [1.54, 1.807) is 43.7 Å². The van der Waals surface area contributed by atoms with Gasteiger partial charge in [-0.1, -0.05) is 39.0 Å². The lowest BCUT2D eigenvalue weighted by Gasteiger charge is -2.18.